The van der Waals surface area contributed by atoms with E-state index < -0.39 is 95.3 Å². The Bertz CT molecular complexity index is 1410. The first-order valence-electron chi connectivity index (χ1n) is 25.3. The number of rotatable bonds is 30. The van der Waals surface area contributed by atoms with Crippen molar-refractivity contribution in [1.82, 2.24) is 0 Å². The molecule has 1 rings (SSSR count). The van der Waals surface area contributed by atoms with E-state index in [0.717, 1.165) is 6.42 Å². The van der Waals surface area contributed by atoms with E-state index in [-0.39, 0.29) is 28.5 Å². The van der Waals surface area contributed by atoms with Crippen LogP contribution in [0.25, 0.3) is 0 Å². The minimum absolute atomic E-state index is 0.0283. The second-order valence-corrected chi connectivity index (χ2v) is 45.9. The maximum absolute atomic E-state index is 13.3. The summed E-state index contributed by atoms with van der Waals surface area (Å²) in [6.45, 7) is 38.7. The number of allylic oxidation sites excluding steroid dienone is 2. The first kappa shape index (κ1) is 62.6. The number of carbonyl (C=O) groups excluding carboxylic acids is 2. The van der Waals surface area contributed by atoms with Crippen LogP contribution in [0.3, 0.4) is 0 Å². The molecule has 65 heavy (non-hydrogen) atoms. The Balaban J connectivity index is 3.92. The molecule has 0 aromatic carbocycles. The zero-order chi connectivity index (χ0) is 50.2. The van der Waals surface area contributed by atoms with E-state index in [4.69, 9.17) is 37.3 Å². The Labute approximate surface area is 405 Å². The van der Waals surface area contributed by atoms with Crippen LogP contribution in [0, 0.1) is 11.8 Å². The van der Waals surface area contributed by atoms with Gasteiger partial charge in [-0.1, -0.05) is 48.5 Å². The standard InChI is InChI=1S/C39H75O11Si2.3C4H9.Sn/c1-19-20-21-22-31(42)33(44-13)24-34(46-28(4)40)36(47-29(5)41)39(45-14)27(3)35(50-52(17,18)38(9,10)11)26(2)32(48-39)23-30(25-43-12)49-51(15,16)37(6,7)8;3*1-3-4-2;/h20,26-27,30-36,42H,21-25H2,1-18H3;3*1,3-4H2,2H3;/t26-,27+,30+,31-,32+,33-,34-,35-,36+,39+;;;;/m0..../s1. The third kappa shape index (κ3) is 18.1. The summed E-state index contributed by atoms with van der Waals surface area (Å²) in [5.74, 6) is -3.47. The van der Waals surface area contributed by atoms with E-state index in [1.165, 1.54) is 65.7 Å². The maximum atomic E-state index is 13.3. The van der Waals surface area contributed by atoms with Crippen LogP contribution in [0.1, 0.15) is 161 Å². The molecule has 11 nitrogen and oxygen atoms in total. The quantitative estimate of drug-likeness (QED) is 0.0545. The number of unbranched alkanes of at least 4 members (excludes halogenated alkanes) is 3. The second-order valence-electron chi connectivity index (χ2n) is 22.6. The number of hydrogen-bond donors (Lipinski definition) is 1. The van der Waals surface area contributed by atoms with Gasteiger partial charge in [0, 0.05) is 19.4 Å². The molecule has 1 aliphatic rings. The Kier molecular flexibility index (Phi) is 26.9. The van der Waals surface area contributed by atoms with Gasteiger partial charge >= 0.3 is 260 Å². The van der Waals surface area contributed by atoms with Crippen molar-refractivity contribution < 1.29 is 52.0 Å². The summed E-state index contributed by atoms with van der Waals surface area (Å²) in [5.41, 5.74) is 0. The fourth-order valence-corrected chi connectivity index (χ4v) is 28.1. The third-order valence-corrected chi connectivity index (χ3v) is 41.1. The molecule has 0 bridgehead atoms. The van der Waals surface area contributed by atoms with Crippen LogP contribution in [0.5, 0.6) is 0 Å². The molecule has 0 aromatic rings. The number of ether oxygens (including phenoxy) is 6. The summed E-state index contributed by atoms with van der Waals surface area (Å²) in [5, 5.41) is 11.8. The van der Waals surface area contributed by atoms with Crippen molar-refractivity contribution in [2.24, 2.45) is 11.8 Å². The van der Waals surface area contributed by atoms with Crippen LogP contribution < -0.4 is 0 Å². The van der Waals surface area contributed by atoms with Gasteiger partial charge in [0.2, 0.25) is 0 Å². The van der Waals surface area contributed by atoms with Crippen molar-refractivity contribution in [3.63, 3.8) is 0 Å². The number of carbonyl (C=O) groups is 2. The predicted octanol–water partition coefficient (Wildman–Crippen LogP) is 12.6. The van der Waals surface area contributed by atoms with Crippen molar-refractivity contribution in [3.05, 3.63) is 9.67 Å². The first-order valence-corrected chi connectivity index (χ1v) is 38.6. The molecule has 384 valence electrons. The van der Waals surface area contributed by atoms with Crippen LogP contribution in [-0.2, 0) is 46.9 Å². The summed E-state index contributed by atoms with van der Waals surface area (Å²) in [6, 6.07) is 0. The van der Waals surface area contributed by atoms with E-state index in [0.29, 0.717) is 19.4 Å². The van der Waals surface area contributed by atoms with Crippen LogP contribution in [0.2, 0.25) is 49.6 Å². The summed E-state index contributed by atoms with van der Waals surface area (Å²) in [7, 11) is 0.108. The van der Waals surface area contributed by atoms with Crippen molar-refractivity contribution in [3.8, 4) is 0 Å². The number of aliphatic hydroxyl groups excluding tert-OH is 1. The van der Waals surface area contributed by atoms with Crippen LogP contribution in [0.15, 0.2) is 9.67 Å². The van der Waals surface area contributed by atoms with Gasteiger partial charge in [-0.3, -0.25) is 0 Å². The molecular weight excluding hydrogens is 963 g/mol. The molecule has 0 aromatic heterocycles. The summed E-state index contributed by atoms with van der Waals surface area (Å²) < 4.78 is 58.3. The molecule has 10 atom stereocenters. The van der Waals surface area contributed by atoms with Gasteiger partial charge in [-0.25, -0.2) is 0 Å². The average molecular weight is 1070 g/mol. The second kappa shape index (κ2) is 27.9. The van der Waals surface area contributed by atoms with Crippen LogP contribution in [-0.4, -0.2) is 129 Å². The van der Waals surface area contributed by atoms with Gasteiger partial charge < -0.3 is 13.6 Å². The molecule has 0 spiro atoms. The summed E-state index contributed by atoms with van der Waals surface area (Å²) in [6.07, 6.45) is 6.35. The van der Waals surface area contributed by atoms with Gasteiger partial charge in [-0.2, -0.15) is 0 Å². The minimum atomic E-state index is -2.61. The van der Waals surface area contributed by atoms with Gasteiger partial charge in [0.25, 0.3) is 0 Å². The van der Waals surface area contributed by atoms with Crippen LogP contribution >= 0.6 is 0 Å². The molecule has 0 aliphatic carbocycles. The fourth-order valence-electron chi connectivity index (χ4n) is 9.27. The number of aliphatic hydroxyl groups is 1. The zero-order valence-electron chi connectivity index (χ0n) is 45.7. The van der Waals surface area contributed by atoms with Crippen LogP contribution in [0.4, 0.5) is 0 Å². The van der Waals surface area contributed by atoms with E-state index in [1.54, 1.807) is 24.9 Å². The molecule has 1 N–H and O–H groups in total. The number of esters is 2. The first-order chi connectivity index (χ1) is 30.0. The Morgan fingerprint density at radius 3 is 1.72 bits per heavy atom. The SMILES string of the molecule is CCC[CH2][Sn]([CH2]CCC)([CH2]CCC)/[C](C)=C/CC[C@H](O)[C@H](C[C@H](OC(C)=O)[C@@H](OC(C)=O)[C@]1(OC)O[C@H](C[C@H](COC)O[Si](C)(C)C(C)(C)C)[C@H](C)[C@H](O[Si](C)(C)C(C)(C)C)[C@H]1C)OC. The van der Waals surface area contributed by atoms with E-state index in [2.05, 4.69) is 108 Å². The van der Waals surface area contributed by atoms with Crippen molar-refractivity contribution in [2.75, 3.05) is 27.9 Å². The Hall–Kier alpha value is -0.368. The fraction of sp³-hybridized carbons (Fsp3) is 0.922. The molecule has 0 unspecified atom stereocenters. The molecular formula is C51H102O11Si2Sn. The topological polar surface area (TPSA) is 128 Å². The molecule has 1 saturated heterocycles. The van der Waals surface area contributed by atoms with Gasteiger partial charge in [0.1, 0.15) is 0 Å². The molecule has 0 radical (unpaired) electrons. The van der Waals surface area contributed by atoms with E-state index in [9.17, 15) is 14.7 Å². The molecule has 14 heteroatoms. The average Bonchev–Trinajstić information content (AvgIpc) is 3.20. The zero-order valence-corrected chi connectivity index (χ0v) is 50.6. The van der Waals surface area contributed by atoms with Gasteiger partial charge in [-0.05, 0) is 36.3 Å². The van der Waals surface area contributed by atoms with E-state index in [1.807, 2.05) is 6.92 Å². The Morgan fingerprint density at radius 1 is 0.800 bits per heavy atom. The van der Waals surface area contributed by atoms with Gasteiger partial charge in [0.15, 0.2) is 16.6 Å². The normalized spacial score (nSPS) is 24.0. The van der Waals surface area contributed by atoms with Gasteiger partial charge in [0.05, 0.1) is 12.7 Å². The monoisotopic (exact) mass is 1070 g/mol. The van der Waals surface area contributed by atoms with Gasteiger partial charge in [-0.15, -0.1) is 0 Å². The number of methoxy groups -OCH3 is 3. The molecule has 1 aliphatic heterocycles. The van der Waals surface area contributed by atoms with Crippen molar-refractivity contribution >= 4 is 47.0 Å². The molecule has 0 saturated carbocycles. The van der Waals surface area contributed by atoms with Crippen molar-refractivity contribution in [2.45, 2.75) is 259 Å². The van der Waals surface area contributed by atoms with Crippen molar-refractivity contribution in [1.29, 1.82) is 0 Å². The number of hydrogen-bond acceptors (Lipinski definition) is 11. The Morgan fingerprint density at radius 2 is 1.31 bits per heavy atom. The third-order valence-electron chi connectivity index (χ3n) is 15.6. The predicted molar refractivity (Wildman–Crippen MR) is 274 cm³/mol. The summed E-state index contributed by atoms with van der Waals surface area (Å²) >= 11 is -2.61. The molecule has 1 heterocycles. The molecule has 1 fully saturated rings. The summed E-state index contributed by atoms with van der Waals surface area (Å²) in [4.78, 5) is 26.4. The van der Waals surface area contributed by atoms with E-state index >= 15 is 0 Å². The molecule has 0 amide bonds.